The fourth-order valence-electron chi connectivity index (χ4n) is 0.408. The van der Waals surface area contributed by atoms with Crippen LogP contribution in [0.15, 0.2) is 0 Å². The third-order valence-corrected chi connectivity index (χ3v) is 1.40. The highest BCUT2D eigenvalue weighted by Crippen LogP contribution is 2.03. The minimum Gasteiger partial charge on any atom is -0.465 e. The van der Waals surface area contributed by atoms with E-state index >= 15 is 0 Å². The second-order valence-corrected chi connectivity index (χ2v) is 2.49. The van der Waals surface area contributed by atoms with E-state index in [1.54, 1.807) is 6.92 Å². The molecule has 0 radical (unpaired) electrons. The molecule has 0 bridgehead atoms. The Bertz CT molecular complexity index is 280. The normalized spacial score (nSPS) is 25.8. The van der Waals surface area contributed by atoms with Crippen molar-refractivity contribution >= 4 is 5.97 Å². The molecule has 1 unspecified atom stereocenters. The number of carbonyl (C=O) groups is 1. The summed E-state index contributed by atoms with van der Waals surface area (Å²) < 4.78 is 54.7. The lowest BCUT2D eigenvalue weighted by molar-refractivity contribution is -0.148. The van der Waals surface area contributed by atoms with Gasteiger partial charge in [-0.15, -0.1) is 0 Å². The average molecular weight is 165 g/mol. The summed E-state index contributed by atoms with van der Waals surface area (Å²) in [4.78, 5) is 11.6. The summed E-state index contributed by atoms with van der Waals surface area (Å²) in [6, 6.07) is 0. The van der Waals surface area contributed by atoms with Crippen molar-refractivity contribution in [2.45, 2.75) is 34.0 Å². The number of carbonyl (C=O) groups excluding carboxylic acids is 1. The summed E-state index contributed by atoms with van der Waals surface area (Å²) >= 11 is 0. The first-order valence-electron chi connectivity index (χ1n) is 7.05. The molecule has 0 N–H and O–H groups in total. The molecule has 0 aromatic rings. The largest absolute Gasteiger partial charge is 0.465 e. The van der Waals surface area contributed by atoms with Crippen LogP contribution >= 0.6 is 0 Å². The molecule has 0 aromatic heterocycles. The molecule has 0 aliphatic carbocycles. The maximum absolute atomic E-state index is 11.6. The molecule has 0 heterocycles. The third kappa shape index (κ3) is 4.82. The van der Waals surface area contributed by atoms with E-state index in [0.29, 0.717) is 6.42 Å². The van der Waals surface area contributed by atoms with E-state index in [1.807, 2.05) is 6.92 Å². The monoisotopic (exact) mass is 165 g/mol. The average Bonchev–Trinajstić information content (AvgIpc) is 2.20. The van der Waals surface area contributed by atoms with Crippen LogP contribution in [0.1, 0.15) is 43.6 Å². The van der Waals surface area contributed by atoms with Gasteiger partial charge in [0, 0.05) is 9.60 Å². The van der Waals surface area contributed by atoms with Crippen molar-refractivity contribution in [1.82, 2.24) is 0 Å². The van der Waals surface area contributed by atoms with Crippen molar-refractivity contribution in [3.63, 3.8) is 0 Å². The molecule has 66 valence electrons. The Labute approximate surface area is 78.8 Å². The van der Waals surface area contributed by atoms with Crippen molar-refractivity contribution in [3.05, 3.63) is 0 Å². The van der Waals surface area contributed by atoms with Crippen LogP contribution in [0.25, 0.3) is 0 Å². The molecule has 0 aliphatic rings. The standard InChI is InChI=1S/C9H18O2/c1-5-8(4)6-11-9(10)7(2)3/h7-8H,5-6H2,1-4H3/i2D3,3D3,7D. The predicted octanol–water partition coefficient (Wildman–Crippen LogP) is 2.23. The lowest BCUT2D eigenvalue weighted by Crippen LogP contribution is -2.15. The Hall–Kier alpha value is -0.530. The first-order chi connectivity index (χ1) is 7.88. The molecule has 11 heavy (non-hydrogen) atoms. The van der Waals surface area contributed by atoms with Crippen molar-refractivity contribution in [3.8, 4) is 0 Å². The molecule has 0 spiro atoms. The molecule has 2 nitrogen and oxygen atoms in total. The smallest absolute Gasteiger partial charge is 0.308 e. The van der Waals surface area contributed by atoms with Crippen molar-refractivity contribution in [1.29, 1.82) is 0 Å². The van der Waals surface area contributed by atoms with Crippen molar-refractivity contribution < 1.29 is 19.1 Å². The van der Waals surface area contributed by atoms with E-state index < -0.39 is 25.6 Å². The van der Waals surface area contributed by atoms with Crippen LogP contribution in [0.2, 0.25) is 0 Å². The maximum Gasteiger partial charge on any atom is 0.308 e. The highest BCUT2D eigenvalue weighted by molar-refractivity contribution is 5.71. The second-order valence-electron chi connectivity index (χ2n) is 2.49. The second kappa shape index (κ2) is 5.16. The van der Waals surface area contributed by atoms with E-state index in [9.17, 15) is 4.79 Å². The summed E-state index contributed by atoms with van der Waals surface area (Å²) in [5.74, 6) is -4.79. The molecule has 1 atom stereocenters. The molecule has 0 aliphatic heterocycles. The number of rotatable bonds is 4. The first-order valence-corrected chi connectivity index (χ1v) is 3.55. The van der Waals surface area contributed by atoms with Crippen LogP contribution in [-0.2, 0) is 9.53 Å². The molecular weight excluding hydrogens is 140 g/mol. The van der Waals surface area contributed by atoms with Gasteiger partial charge < -0.3 is 4.74 Å². The molecule has 0 aromatic carbocycles. The minimum absolute atomic E-state index is 0.0218. The van der Waals surface area contributed by atoms with Gasteiger partial charge in [-0.25, -0.2) is 0 Å². The van der Waals surface area contributed by atoms with Crippen LogP contribution in [0.3, 0.4) is 0 Å². The minimum atomic E-state index is -3.27. The number of hydrogen-bond acceptors (Lipinski definition) is 2. The maximum atomic E-state index is 11.6. The quantitative estimate of drug-likeness (QED) is 0.597. The summed E-state index contributed by atoms with van der Waals surface area (Å²) in [5.41, 5.74) is 0. The Morgan fingerprint density at radius 1 is 1.73 bits per heavy atom. The van der Waals surface area contributed by atoms with E-state index in [1.165, 1.54) is 0 Å². The van der Waals surface area contributed by atoms with Gasteiger partial charge in [0.1, 0.15) is 0 Å². The molecular formula is C9H18O2. The molecule has 0 rings (SSSR count). The highest BCUT2D eigenvalue weighted by Gasteiger charge is 2.09. The lowest BCUT2D eigenvalue weighted by atomic mass is 10.1. The van der Waals surface area contributed by atoms with Crippen molar-refractivity contribution in [2.75, 3.05) is 6.61 Å². The zero-order valence-corrected chi connectivity index (χ0v) is 6.81. The number of esters is 1. The Kier molecular flexibility index (Phi) is 1.63. The van der Waals surface area contributed by atoms with E-state index in [0.717, 1.165) is 0 Å². The summed E-state index contributed by atoms with van der Waals surface area (Å²) in [6.07, 6.45) is 0.694. The first kappa shape index (κ1) is 3.46. The molecule has 0 saturated heterocycles. The summed E-state index contributed by atoms with van der Waals surface area (Å²) in [5, 5.41) is 0. The van der Waals surface area contributed by atoms with Gasteiger partial charge in [-0.05, 0) is 5.92 Å². The van der Waals surface area contributed by atoms with Gasteiger partial charge in [-0.1, -0.05) is 34.0 Å². The lowest BCUT2D eigenvalue weighted by Gasteiger charge is -2.10. The van der Waals surface area contributed by atoms with Gasteiger partial charge in [0.2, 0.25) is 0 Å². The van der Waals surface area contributed by atoms with Crippen LogP contribution in [0.5, 0.6) is 0 Å². The third-order valence-electron chi connectivity index (χ3n) is 1.40. The number of ether oxygens (including phenoxy) is 1. The van der Waals surface area contributed by atoms with E-state index in [-0.39, 0.29) is 12.5 Å². The van der Waals surface area contributed by atoms with Gasteiger partial charge >= 0.3 is 5.97 Å². The van der Waals surface area contributed by atoms with Gasteiger partial charge in [0.15, 0.2) is 0 Å². The molecule has 2 heteroatoms. The predicted molar refractivity (Wildman–Crippen MR) is 45.3 cm³/mol. The molecule has 0 saturated carbocycles. The summed E-state index contributed by atoms with van der Waals surface area (Å²) in [6.45, 7) is -3.03. The van der Waals surface area contributed by atoms with Gasteiger partial charge in [-0.3, -0.25) is 4.79 Å². The fourth-order valence-corrected chi connectivity index (χ4v) is 0.408. The van der Waals surface area contributed by atoms with Crippen LogP contribution in [0.4, 0.5) is 0 Å². The molecule has 0 fully saturated rings. The Balaban J connectivity index is 5.08. The Morgan fingerprint density at radius 2 is 2.36 bits per heavy atom. The SMILES string of the molecule is [2H]C([2H])([2H])C([2H])(C(=O)OCC(C)CC)C([2H])([2H])[2H]. The highest BCUT2D eigenvalue weighted by atomic mass is 16.5. The zero-order valence-electron chi connectivity index (χ0n) is 13.8. The Morgan fingerprint density at radius 3 is 2.82 bits per heavy atom. The zero-order chi connectivity index (χ0) is 14.8. The van der Waals surface area contributed by atoms with E-state index in [2.05, 4.69) is 4.74 Å². The van der Waals surface area contributed by atoms with Gasteiger partial charge in [-0.2, -0.15) is 0 Å². The van der Waals surface area contributed by atoms with Crippen LogP contribution < -0.4 is 0 Å². The van der Waals surface area contributed by atoms with Gasteiger partial charge in [0.25, 0.3) is 0 Å². The van der Waals surface area contributed by atoms with Crippen LogP contribution in [-0.4, -0.2) is 12.6 Å². The van der Waals surface area contributed by atoms with Crippen LogP contribution in [0, 0.1) is 11.8 Å². The van der Waals surface area contributed by atoms with Gasteiger partial charge in [0.05, 0.1) is 12.5 Å². The number of hydrogen-bond donors (Lipinski definition) is 0. The topological polar surface area (TPSA) is 26.3 Å². The summed E-state index contributed by atoms with van der Waals surface area (Å²) in [7, 11) is 0. The van der Waals surface area contributed by atoms with E-state index in [4.69, 9.17) is 9.60 Å². The fraction of sp³-hybridized carbons (Fsp3) is 0.889. The molecule has 0 amide bonds. The van der Waals surface area contributed by atoms with Crippen molar-refractivity contribution in [2.24, 2.45) is 11.8 Å².